The summed E-state index contributed by atoms with van der Waals surface area (Å²) in [5, 5.41) is 0. The van der Waals surface area contributed by atoms with E-state index in [0.29, 0.717) is 5.92 Å². The summed E-state index contributed by atoms with van der Waals surface area (Å²) >= 11 is 0. The van der Waals surface area contributed by atoms with E-state index >= 15 is 0 Å². The average Bonchev–Trinajstić information content (AvgIpc) is 2.80. The molecule has 1 aliphatic carbocycles. The molecule has 0 amide bonds. The quantitative estimate of drug-likeness (QED) is 0.806. The normalized spacial score (nSPS) is 16.7. The maximum atomic E-state index is 11.4. The molecule has 15 heavy (non-hydrogen) atoms. The fourth-order valence-corrected chi connectivity index (χ4v) is 1.70. The number of nitrogens with zero attached hydrogens (tertiary/aromatic N) is 1. The molecule has 82 valence electrons. The summed E-state index contributed by atoms with van der Waals surface area (Å²) in [6.07, 6.45) is 3.19. The largest absolute Gasteiger partial charge is 0.311 e. The Morgan fingerprint density at radius 3 is 2.67 bits per heavy atom. The zero-order chi connectivity index (χ0) is 11.1. The molecule has 1 aliphatic rings. The van der Waals surface area contributed by atoms with Crippen LogP contribution in [0.3, 0.4) is 0 Å². The van der Waals surface area contributed by atoms with Gasteiger partial charge in [0.05, 0.1) is 5.69 Å². The van der Waals surface area contributed by atoms with Crippen LogP contribution in [0, 0.1) is 5.41 Å². The second-order valence-electron chi connectivity index (χ2n) is 5.63. The first-order valence-electron chi connectivity index (χ1n) is 5.54. The molecule has 0 bridgehead atoms. The van der Waals surface area contributed by atoms with Gasteiger partial charge in [0.1, 0.15) is 5.82 Å². The highest BCUT2D eigenvalue weighted by Gasteiger charge is 2.26. The van der Waals surface area contributed by atoms with E-state index in [1.165, 1.54) is 12.8 Å². The predicted molar refractivity (Wildman–Crippen MR) is 60.0 cm³/mol. The van der Waals surface area contributed by atoms with Gasteiger partial charge in [-0.2, -0.15) is 0 Å². The van der Waals surface area contributed by atoms with Gasteiger partial charge in [-0.1, -0.05) is 20.8 Å². The van der Waals surface area contributed by atoms with Gasteiger partial charge in [0, 0.05) is 18.4 Å². The van der Waals surface area contributed by atoms with Crippen molar-refractivity contribution in [1.82, 2.24) is 9.97 Å². The molecule has 1 saturated carbocycles. The van der Waals surface area contributed by atoms with Gasteiger partial charge in [0.25, 0.3) is 5.56 Å². The van der Waals surface area contributed by atoms with Crippen molar-refractivity contribution < 1.29 is 0 Å². The van der Waals surface area contributed by atoms with Gasteiger partial charge in [0.15, 0.2) is 0 Å². The van der Waals surface area contributed by atoms with Crippen molar-refractivity contribution in [2.24, 2.45) is 5.41 Å². The molecule has 0 aliphatic heterocycles. The highest BCUT2D eigenvalue weighted by Crippen LogP contribution is 2.38. The van der Waals surface area contributed by atoms with Crippen LogP contribution in [0.4, 0.5) is 0 Å². The lowest BCUT2D eigenvalue weighted by Crippen LogP contribution is -2.18. The van der Waals surface area contributed by atoms with Crippen molar-refractivity contribution in [1.29, 1.82) is 0 Å². The Bertz CT molecular complexity index is 410. The van der Waals surface area contributed by atoms with Crippen molar-refractivity contribution in [3.8, 4) is 0 Å². The van der Waals surface area contributed by atoms with Crippen molar-refractivity contribution in [3.63, 3.8) is 0 Å². The summed E-state index contributed by atoms with van der Waals surface area (Å²) in [5.41, 5.74) is 1.14. The highest BCUT2D eigenvalue weighted by atomic mass is 16.1. The molecule has 2 rings (SSSR count). The molecule has 1 aromatic heterocycles. The number of H-pyrrole nitrogens is 1. The van der Waals surface area contributed by atoms with Crippen LogP contribution in [-0.4, -0.2) is 9.97 Å². The van der Waals surface area contributed by atoms with Crippen molar-refractivity contribution in [2.45, 2.75) is 46.0 Å². The first kappa shape index (κ1) is 10.4. The van der Waals surface area contributed by atoms with Gasteiger partial charge in [0.2, 0.25) is 0 Å². The first-order chi connectivity index (χ1) is 6.94. The molecule has 1 N–H and O–H groups in total. The maximum Gasteiger partial charge on any atom is 0.251 e. The van der Waals surface area contributed by atoms with E-state index in [4.69, 9.17) is 0 Å². The Morgan fingerprint density at radius 2 is 2.13 bits per heavy atom. The molecular formula is C12H18N2O. The van der Waals surface area contributed by atoms with E-state index in [9.17, 15) is 4.79 Å². The molecule has 0 spiro atoms. The number of aromatic amines is 1. The van der Waals surface area contributed by atoms with Gasteiger partial charge < -0.3 is 4.98 Å². The first-order valence-corrected chi connectivity index (χ1v) is 5.54. The third-order valence-electron chi connectivity index (χ3n) is 2.50. The Morgan fingerprint density at radius 1 is 1.47 bits per heavy atom. The molecule has 0 atom stereocenters. The van der Waals surface area contributed by atoms with E-state index in [1.807, 2.05) is 0 Å². The number of hydrogen-bond donors (Lipinski definition) is 1. The van der Waals surface area contributed by atoms with Crippen LogP contribution in [-0.2, 0) is 6.42 Å². The molecule has 0 aromatic carbocycles. The van der Waals surface area contributed by atoms with Gasteiger partial charge in [-0.3, -0.25) is 4.79 Å². The standard InChI is InChI=1S/C12H18N2O/c1-12(2,3)7-10-13-9(8-4-5-8)6-11(15)14-10/h6,8H,4-5,7H2,1-3H3,(H,13,14,15). The summed E-state index contributed by atoms with van der Waals surface area (Å²) in [5.74, 6) is 1.38. The van der Waals surface area contributed by atoms with Gasteiger partial charge >= 0.3 is 0 Å². The highest BCUT2D eigenvalue weighted by molar-refractivity contribution is 5.14. The SMILES string of the molecule is CC(C)(C)Cc1nc(C2CC2)cc(=O)[nH]1. The van der Waals surface area contributed by atoms with E-state index in [2.05, 4.69) is 30.7 Å². The predicted octanol–water partition coefficient (Wildman–Crippen LogP) is 2.24. The molecule has 1 fully saturated rings. The minimum atomic E-state index is -0.00819. The topological polar surface area (TPSA) is 45.8 Å². The summed E-state index contributed by atoms with van der Waals surface area (Å²) in [7, 11) is 0. The number of nitrogens with one attached hydrogen (secondary N) is 1. The molecule has 1 aromatic rings. The third kappa shape index (κ3) is 2.91. The second kappa shape index (κ2) is 3.47. The molecule has 3 heteroatoms. The summed E-state index contributed by atoms with van der Waals surface area (Å²) < 4.78 is 0. The number of hydrogen-bond acceptors (Lipinski definition) is 2. The van der Waals surface area contributed by atoms with Crippen molar-refractivity contribution in [2.75, 3.05) is 0 Å². The minimum Gasteiger partial charge on any atom is -0.311 e. The smallest absolute Gasteiger partial charge is 0.251 e. The van der Waals surface area contributed by atoms with Gasteiger partial charge in [-0.15, -0.1) is 0 Å². The monoisotopic (exact) mass is 206 g/mol. The van der Waals surface area contributed by atoms with E-state index in [-0.39, 0.29) is 11.0 Å². The molecule has 3 nitrogen and oxygen atoms in total. The fraction of sp³-hybridized carbons (Fsp3) is 0.667. The van der Waals surface area contributed by atoms with Crippen LogP contribution in [0.2, 0.25) is 0 Å². The maximum absolute atomic E-state index is 11.4. The molecule has 1 heterocycles. The van der Waals surface area contributed by atoms with Crippen LogP contribution in [0.25, 0.3) is 0 Å². The number of aromatic nitrogens is 2. The zero-order valence-corrected chi connectivity index (χ0v) is 9.63. The Balaban J connectivity index is 2.27. The lowest BCUT2D eigenvalue weighted by Gasteiger charge is -2.17. The van der Waals surface area contributed by atoms with Crippen LogP contribution in [0.15, 0.2) is 10.9 Å². The molecule has 0 saturated heterocycles. The van der Waals surface area contributed by atoms with Gasteiger partial charge in [-0.25, -0.2) is 4.98 Å². The van der Waals surface area contributed by atoms with Crippen molar-refractivity contribution >= 4 is 0 Å². The van der Waals surface area contributed by atoms with Crippen LogP contribution >= 0.6 is 0 Å². The van der Waals surface area contributed by atoms with E-state index in [1.54, 1.807) is 6.07 Å². The van der Waals surface area contributed by atoms with Crippen LogP contribution < -0.4 is 5.56 Å². The molecular weight excluding hydrogens is 188 g/mol. The average molecular weight is 206 g/mol. The number of rotatable bonds is 2. The second-order valence-corrected chi connectivity index (χ2v) is 5.63. The van der Waals surface area contributed by atoms with Crippen LogP contribution in [0.1, 0.15) is 51.0 Å². The Labute approximate surface area is 89.9 Å². The lowest BCUT2D eigenvalue weighted by atomic mass is 9.92. The third-order valence-corrected chi connectivity index (χ3v) is 2.50. The summed E-state index contributed by atoms with van der Waals surface area (Å²) in [6, 6.07) is 1.64. The molecule has 0 radical (unpaired) electrons. The van der Waals surface area contributed by atoms with E-state index < -0.39 is 0 Å². The fourth-order valence-electron chi connectivity index (χ4n) is 1.70. The van der Waals surface area contributed by atoms with E-state index in [0.717, 1.165) is 17.9 Å². The molecule has 0 unspecified atom stereocenters. The Hall–Kier alpha value is -1.12. The van der Waals surface area contributed by atoms with Crippen LogP contribution in [0.5, 0.6) is 0 Å². The summed E-state index contributed by atoms with van der Waals surface area (Å²) in [6.45, 7) is 6.45. The lowest BCUT2D eigenvalue weighted by molar-refractivity contribution is 0.399. The minimum absolute atomic E-state index is 0.00819. The van der Waals surface area contributed by atoms with Crippen molar-refractivity contribution in [3.05, 3.63) is 27.9 Å². The zero-order valence-electron chi connectivity index (χ0n) is 9.63. The summed E-state index contributed by atoms with van der Waals surface area (Å²) in [4.78, 5) is 18.8. The Kier molecular flexibility index (Phi) is 2.41. The van der Waals surface area contributed by atoms with Gasteiger partial charge in [-0.05, 0) is 18.3 Å².